The minimum absolute atomic E-state index is 0.350. The van der Waals surface area contributed by atoms with Gasteiger partial charge in [-0.15, -0.1) is 12.6 Å². The standard InChI is InChI=1S/C8H10O3S.O3S/c1-7-3-5-8(6-4-7)11-12(2,9)10;1-4(2)3/h3-6H,1-2H3;. The topological polar surface area (TPSA) is 94.6 Å². The number of aryl methyl sites for hydroxylation is 1. The maximum absolute atomic E-state index is 10.7. The van der Waals surface area contributed by atoms with Crippen LogP contribution in [-0.4, -0.2) is 27.3 Å². The second kappa shape index (κ2) is 6.23. The van der Waals surface area contributed by atoms with E-state index in [0.29, 0.717) is 5.75 Å². The van der Waals surface area contributed by atoms with E-state index in [2.05, 4.69) is 4.18 Å². The average Bonchev–Trinajstić information content (AvgIpc) is 2.05. The van der Waals surface area contributed by atoms with Crippen molar-refractivity contribution in [2.75, 3.05) is 6.26 Å². The van der Waals surface area contributed by atoms with Crippen LogP contribution in [0.2, 0.25) is 0 Å². The van der Waals surface area contributed by atoms with Gasteiger partial charge in [-0.2, -0.15) is 8.42 Å². The van der Waals surface area contributed by atoms with E-state index in [1.54, 1.807) is 24.3 Å². The summed E-state index contributed by atoms with van der Waals surface area (Å²) in [6.07, 6.45) is 1.02. The third-order valence-corrected chi connectivity index (χ3v) is 1.76. The molecule has 90 valence electrons. The lowest BCUT2D eigenvalue weighted by atomic mass is 10.2. The molecule has 0 saturated heterocycles. The predicted molar refractivity (Wildman–Crippen MR) is 56.3 cm³/mol. The molecule has 16 heavy (non-hydrogen) atoms. The molecular formula is C8H10O6S2. The van der Waals surface area contributed by atoms with Crippen molar-refractivity contribution in [2.24, 2.45) is 0 Å². The van der Waals surface area contributed by atoms with Gasteiger partial charge in [0.1, 0.15) is 5.75 Å². The zero-order chi connectivity index (χ0) is 12.8. The van der Waals surface area contributed by atoms with Gasteiger partial charge >= 0.3 is 20.7 Å². The summed E-state index contributed by atoms with van der Waals surface area (Å²) in [7, 11) is -6.50. The van der Waals surface area contributed by atoms with Crippen molar-refractivity contribution in [3.8, 4) is 5.75 Å². The summed E-state index contributed by atoms with van der Waals surface area (Å²) in [5.41, 5.74) is 1.07. The summed E-state index contributed by atoms with van der Waals surface area (Å²) in [6, 6.07) is 6.83. The highest BCUT2D eigenvalue weighted by atomic mass is 32.2. The van der Waals surface area contributed by atoms with Gasteiger partial charge in [-0.05, 0) is 19.1 Å². The van der Waals surface area contributed by atoms with Gasteiger partial charge < -0.3 is 4.18 Å². The molecule has 0 atom stereocenters. The molecule has 0 spiro atoms. The molecule has 0 heterocycles. The van der Waals surface area contributed by atoms with Crippen molar-refractivity contribution in [3.63, 3.8) is 0 Å². The molecule has 6 nitrogen and oxygen atoms in total. The number of benzene rings is 1. The van der Waals surface area contributed by atoms with Crippen LogP contribution in [0.15, 0.2) is 24.3 Å². The van der Waals surface area contributed by atoms with Gasteiger partial charge in [0.25, 0.3) is 0 Å². The molecule has 0 aromatic heterocycles. The molecule has 0 N–H and O–H groups in total. The van der Waals surface area contributed by atoms with Gasteiger partial charge in [0.2, 0.25) is 0 Å². The Morgan fingerprint density at radius 3 is 1.75 bits per heavy atom. The van der Waals surface area contributed by atoms with Crippen molar-refractivity contribution in [1.82, 2.24) is 0 Å². The van der Waals surface area contributed by atoms with E-state index in [1.165, 1.54) is 0 Å². The first-order valence-corrected chi connectivity index (χ1v) is 6.75. The molecular weight excluding hydrogens is 256 g/mol. The lowest BCUT2D eigenvalue weighted by Gasteiger charge is -2.01. The van der Waals surface area contributed by atoms with Crippen molar-refractivity contribution in [2.45, 2.75) is 6.92 Å². The van der Waals surface area contributed by atoms with Gasteiger partial charge in [0.05, 0.1) is 6.26 Å². The van der Waals surface area contributed by atoms with E-state index in [4.69, 9.17) is 12.6 Å². The van der Waals surface area contributed by atoms with Crippen LogP contribution in [0.1, 0.15) is 5.56 Å². The Hall–Kier alpha value is -1.41. The lowest BCUT2D eigenvalue weighted by molar-refractivity contribution is 0.493. The minimum atomic E-state index is -3.39. The molecule has 0 aliphatic rings. The highest BCUT2D eigenvalue weighted by Crippen LogP contribution is 2.12. The zero-order valence-corrected chi connectivity index (χ0v) is 10.2. The Kier molecular flexibility index (Phi) is 5.68. The Bertz CT molecular complexity index is 519. The maximum Gasteiger partial charge on any atom is 0.425 e. The number of rotatable bonds is 2. The van der Waals surface area contributed by atoms with Gasteiger partial charge in [-0.25, -0.2) is 0 Å². The predicted octanol–water partition coefficient (Wildman–Crippen LogP) is 0.329. The van der Waals surface area contributed by atoms with Crippen LogP contribution < -0.4 is 4.18 Å². The van der Waals surface area contributed by atoms with Crippen molar-refractivity contribution in [3.05, 3.63) is 29.8 Å². The van der Waals surface area contributed by atoms with E-state index in [9.17, 15) is 8.42 Å². The Morgan fingerprint density at radius 2 is 1.44 bits per heavy atom. The molecule has 0 amide bonds. The summed E-state index contributed by atoms with van der Waals surface area (Å²) >= 11 is 0. The fraction of sp³-hybridized carbons (Fsp3) is 0.250. The monoisotopic (exact) mass is 266 g/mol. The highest BCUT2D eigenvalue weighted by molar-refractivity contribution is 7.86. The number of hydrogen-bond acceptors (Lipinski definition) is 6. The SMILES string of the molecule is Cc1ccc(OS(C)(=O)=O)cc1.O=S(=O)=O. The van der Waals surface area contributed by atoms with Crippen LogP contribution in [0, 0.1) is 6.92 Å². The molecule has 8 heteroatoms. The molecule has 0 aliphatic heterocycles. The molecule has 0 aliphatic carbocycles. The number of hydrogen-bond donors (Lipinski definition) is 0. The summed E-state index contributed by atoms with van der Waals surface area (Å²) in [6.45, 7) is 1.92. The fourth-order valence-corrected chi connectivity index (χ4v) is 1.23. The quantitative estimate of drug-likeness (QED) is 0.716. The highest BCUT2D eigenvalue weighted by Gasteiger charge is 2.02. The van der Waals surface area contributed by atoms with Gasteiger partial charge in [-0.3, -0.25) is 0 Å². The molecule has 0 bridgehead atoms. The second-order valence-corrected chi connectivity index (χ2v) is 4.79. The maximum atomic E-state index is 10.7. The second-order valence-electron chi connectivity index (χ2n) is 2.80. The average molecular weight is 266 g/mol. The van der Waals surface area contributed by atoms with Crippen LogP contribution in [0.25, 0.3) is 0 Å². The van der Waals surface area contributed by atoms with Crippen LogP contribution in [0.3, 0.4) is 0 Å². The normalized spacial score (nSPS) is 9.88. The molecule has 1 rings (SSSR count). The van der Waals surface area contributed by atoms with Crippen molar-refractivity contribution in [1.29, 1.82) is 0 Å². The molecule has 1 aromatic carbocycles. The largest absolute Gasteiger partial charge is 0.425 e. The molecule has 0 saturated carbocycles. The van der Waals surface area contributed by atoms with E-state index in [1.807, 2.05) is 6.92 Å². The lowest BCUT2D eigenvalue weighted by Crippen LogP contribution is -2.05. The summed E-state index contributed by atoms with van der Waals surface area (Å²) in [5, 5.41) is 0. The van der Waals surface area contributed by atoms with Crippen LogP contribution >= 0.6 is 0 Å². The Labute approximate surface area is 95.1 Å². The zero-order valence-electron chi connectivity index (χ0n) is 8.58. The van der Waals surface area contributed by atoms with E-state index < -0.39 is 20.7 Å². The Balaban J connectivity index is 0.000000487. The van der Waals surface area contributed by atoms with Crippen LogP contribution in [0.4, 0.5) is 0 Å². The van der Waals surface area contributed by atoms with Gasteiger partial charge in [0, 0.05) is 0 Å². The third kappa shape index (κ3) is 9.16. The minimum Gasteiger partial charge on any atom is -0.383 e. The first-order valence-electron chi connectivity index (χ1n) is 3.93. The van der Waals surface area contributed by atoms with E-state index in [-0.39, 0.29) is 0 Å². The van der Waals surface area contributed by atoms with Crippen LogP contribution in [0.5, 0.6) is 5.75 Å². The van der Waals surface area contributed by atoms with E-state index >= 15 is 0 Å². The molecule has 0 fully saturated rings. The van der Waals surface area contributed by atoms with Crippen molar-refractivity contribution >= 4 is 20.7 Å². The smallest absolute Gasteiger partial charge is 0.383 e. The first kappa shape index (κ1) is 14.6. The van der Waals surface area contributed by atoms with Gasteiger partial charge in [-0.1, -0.05) is 17.7 Å². The summed E-state index contributed by atoms with van der Waals surface area (Å²) in [5.74, 6) is 0.350. The third-order valence-electron chi connectivity index (χ3n) is 1.27. The van der Waals surface area contributed by atoms with Crippen LogP contribution in [-0.2, 0) is 20.7 Å². The summed E-state index contributed by atoms with van der Waals surface area (Å²) < 4.78 is 51.3. The molecule has 0 unspecified atom stereocenters. The summed E-state index contributed by atoms with van der Waals surface area (Å²) in [4.78, 5) is 0. The molecule has 1 aromatic rings. The fourth-order valence-electron chi connectivity index (χ4n) is 0.769. The molecule has 0 radical (unpaired) electrons. The van der Waals surface area contributed by atoms with Gasteiger partial charge in [0.15, 0.2) is 0 Å². The van der Waals surface area contributed by atoms with Crippen molar-refractivity contribution < 1.29 is 25.2 Å². The van der Waals surface area contributed by atoms with E-state index in [0.717, 1.165) is 11.8 Å². The Morgan fingerprint density at radius 1 is 1.06 bits per heavy atom. The first-order chi connectivity index (χ1) is 7.20.